The van der Waals surface area contributed by atoms with Crippen LogP contribution in [0.4, 0.5) is 0 Å². The molecule has 1 rings (SSSR count). The van der Waals surface area contributed by atoms with Gasteiger partial charge in [-0.3, -0.25) is 0 Å². The Morgan fingerprint density at radius 3 is 3.00 bits per heavy atom. The van der Waals surface area contributed by atoms with Gasteiger partial charge in [0.25, 0.3) is 0 Å². The highest BCUT2D eigenvalue weighted by Gasteiger charge is 2.17. The van der Waals surface area contributed by atoms with E-state index in [9.17, 15) is 0 Å². The van der Waals surface area contributed by atoms with Gasteiger partial charge in [-0.05, 0) is 14.4 Å². The molecule has 0 saturated carbocycles. The zero-order chi connectivity index (χ0) is 5.98. The average Bonchev–Trinajstić information content (AvgIpc) is 2.50. The SMILES string of the molecule is CC(CI)PN1CN1. The Hall–Kier alpha value is 1.08. The maximum atomic E-state index is 3.14. The molecule has 0 amide bonds. The van der Waals surface area contributed by atoms with Crippen LogP contribution in [-0.2, 0) is 0 Å². The fourth-order valence-corrected chi connectivity index (χ4v) is 1.87. The molecular weight excluding hydrogens is 234 g/mol. The number of hydrazine groups is 1. The first-order chi connectivity index (χ1) is 3.83. The van der Waals surface area contributed by atoms with Crippen LogP contribution >= 0.6 is 31.3 Å². The van der Waals surface area contributed by atoms with E-state index in [1.807, 2.05) is 0 Å². The molecule has 8 heavy (non-hydrogen) atoms. The third-order valence-corrected chi connectivity index (χ3v) is 4.35. The summed E-state index contributed by atoms with van der Waals surface area (Å²) in [5, 5.41) is 0. The molecule has 48 valence electrons. The number of halogens is 1. The van der Waals surface area contributed by atoms with Crippen molar-refractivity contribution in [3.63, 3.8) is 0 Å². The molecule has 0 aromatic rings. The van der Waals surface area contributed by atoms with Crippen LogP contribution in [0.25, 0.3) is 0 Å². The maximum absolute atomic E-state index is 3.14. The summed E-state index contributed by atoms with van der Waals surface area (Å²) >= 11 is 2.43. The first-order valence-electron chi connectivity index (χ1n) is 2.66. The first kappa shape index (κ1) is 7.19. The van der Waals surface area contributed by atoms with Gasteiger partial charge in [0.15, 0.2) is 0 Å². The predicted molar refractivity (Wildman–Crippen MR) is 46.5 cm³/mol. The number of rotatable bonds is 3. The molecule has 1 heterocycles. The zero-order valence-electron chi connectivity index (χ0n) is 4.82. The Bertz CT molecular complexity index is 76.4. The van der Waals surface area contributed by atoms with E-state index in [2.05, 4.69) is 39.7 Å². The summed E-state index contributed by atoms with van der Waals surface area (Å²) in [7, 11) is 0.988. The molecule has 3 unspecified atom stereocenters. The molecular formula is C4H10IN2P. The molecule has 1 aliphatic heterocycles. The van der Waals surface area contributed by atoms with Crippen LogP contribution in [0.5, 0.6) is 0 Å². The molecule has 1 fully saturated rings. The van der Waals surface area contributed by atoms with E-state index in [1.165, 1.54) is 4.43 Å². The van der Waals surface area contributed by atoms with Crippen LogP contribution in [0.1, 0.15) is 6.92 Å². The lowest BCUT2D eigenvalue weighted by Crippen LogP contribution is -1.98. The Labute approximate surface area is 65.3 Å². The number of hydrogen-bond acceptors (Lipinski definition) is 2. The summed E-state index contributed by atoms with van der Waals surface area (Å²) in [4.78, 5) is 0. The number of hydrogen-bond donors (Lipinski definition) is 1. The smallest absolute Gasteiger partial charge is 0.0795 e. The molecule has 0 aliphatic carbocycles. The Morgan fingerprint density at radius 1 is 2.00 bits per heavy atom. The Kier molecular flexibility index (Phi) is 2.97. The average molecular weight is 244 g/mol. The van der Waals surface area contributed by atoms with Crippen molar-refractivity contribution in [2.75, 3.05) is 11.1 Å². The van der Waals surface area contributed by atoms with Gasteiger partial charge >= 0.3 is 0 Å². The molecule has 3 atom stereocenters. The largest absolute Gasteiger partial charge is 0.235 e. The van der Waals surface area contributed by atoms with Crippen molar-refractivity contribution in [2.45, 2.75) is 12.6 Å². The molecule has 0 bridgehead atoms. The van der Waals surface area contributed by atoms with Gasteiger partial charge in [0, 0.05) is 4.43 Å². The highest BCUT2D eigenvalue weighted by Crippen LogP contribution is 2.27. The molecule has 1 N–H and O–H groups in total. The van der Waals surface area contributed by atoms with E-state index < -0.39 is 0 Å². The van der Waals surface area contributed by atoms with E-state index in [1.54, 1.807) is 0 Å². The lowest BCUT2D eigenvalue weighted by Gasteiger charge is -2.04. The fourth-order valence-electron chi connectivity index (χ4n) is 0.427. The van der Waals surface area contributed by atoms with E-state index in [-0.39, 0.29) is 0 Å². The third kappa shape index (κ3) is 2.58. The number of alkyl halides is 1. The Morgan fingerprint density at radius 2 is 2.62 bits per heavy atom. The minimum absolute atomic E-state index is 0.866. The molecule has 4 heteroatoms. The Balaban J connectivity index is 1.98. The maximum Gasteiger partial charge on any atom is 0.0795 e. The summed E-state index contributed by atoms with van der Waals surface area (Å²) < 4.78 is 3.53. The van der Waals surface area contributed by atoms with Crippen molar-refractivity contribution in [3.05, 3.63) is 0 Å². The molecule has 0 aromatic heterocycles. The van der Waals surface area contributed by atoms with Gasteiger partial charge in [-0.2, -0.15) is 0 Å². The van der Waals surface area contributed by atoms with Gasteiger partial charge in [-0.15, -0.1) is 0 Å². The molecule has 0 spiro atoms. The molecule has 0 aromatic carbocycles. The second-order valence-electron chi connectivity index (χ2n) is 1.93. The molecule has 2 nitrogen and oxygen atoms in total. The summed E-state index contributed by atoms with van der Waals surface area (Å²) in [5.41, 5.74) is 4.01. The van der Waals surface area contributed by atoms with Crippen molar-refractivity contribution in [2.24, 2.45) is 0 Å². The second-order valence-corrected chi connectivity index (χ2v) is 4.59. The number of nitrogens with one attached hydrogen (secondary N) is 1. The normalized spacial score (nSPS) is 31.5. The van der Waals surface area contributed by atoms with Crippen LogP contribution in [0.15, 0.2) is 0 Å². The van der Waals surface area contributed by atoms with Crippen molar-refractivity contribution in [3.8, 4) is 0 Å². The van der Waals surface area contributed by atoms with Crippen LogP contribution in [0, 0.1) is 0 Å². The van der Waals surface area contributed by atoms with Gasteiger partial charge in [0.1, 0.15) is 0 Å². The van der Waals surface area contributed by atoms with Crippen molar-refractivity contribution in [1.29, 1.82) is 0 Å². The first-order valence-corrected chi connectivity index (χ1v) is 5.21. The fraction of sp³-hybridized carbons (Fsp3) is 1.00. The number of nitrogens with zero attached hydrogens (tertiary/aromatic N) is 1. The predicted octanol–water partition coefficient (Wildman–Crippen LogP) is 1.18. The quantitative estimate of drug-likeness (QED) is 0.349. The monoisotopic (exact) mass is 244 g/mol. The van der Waals surface area contributed by atoms with Crippen LogP contribution < -0.4 is 5.43 Å². The van der Waals surface area contributed by atoms with Crippen LogP contribution in [0.2, 0.25) is 0 Å². The molecule has 1 aliphatic rings. The summed E-state index contributed by atoms with van der Waals surface area (Å²) in [6.45, 7) is 3.39. The highest BCUT2D eigenvalue weighted by atomic mass is 127. The molecule has 1 saturated heterocycles. The van der Waals surface area contributed by atoms with Crippen molar-refractivity contribution in [1.82, 2.24) is 10.2 Å². The summed E-state index contributed by atoms with van der Waals surface area (Å²) in [5.74, 6) is 0. The summed E-state index contributed by atoms with van der Waals surface area (Å²) in [6, 6.07) is 0. The topological polar surface area (TPSA) is 25.0 Å². The van der Waals surface area contributed by atoms with Gasteiger partial charge in [-0.1, -0.05) is 29.5 Å². The van der Waals surface area contributed by atoms with Gasteiger partial charge in [-0.25, -0.2) is 10.2 Å². The third-order valence-electron chi connectivity index (χ3n) is 0.924. The van der Waals surface area contributed by atoms with E-state index >= 15 is 0 Å². The van der Waals surface area contributed by atoms with Gasteiger partial charge < -0.3 is 0 Å². The van der Waals surface area contributed by atoms with Crippen molar-refractivity contribution >= 4 is 31.3 Å². The highest BCUT2D eigenvalue weighted by molar-refractivity contribution is 14.1. The minimum Gasteiger partial charge on any atom is -0.235 e. The van der Waals surface area contributed by atoms with E-state index in [0.29, 0.717) is 0 Å². The minimum atomic E-state index is 0.866. The van der Waals surface area contributed by atoms with E-state index in [4.69, 9.17) is 0 Å². The molecule has 0 radical (unpaired) electrons. The zero-order valence-corrected chi connectivity index (χ0v) is 7.97. The van der Waals surface area contributed by atoms with Crippen molar-refractivity contribution < 1.29 is 0 Å². The van der Waals surface area contributed by atoms with Gasteiger partial charge in [0.2, 0.25) is 0 Å². The lowest BCUT2D eigenvalue weighted by molar-refractivity contribution is 0.830. The van der Waals surface area contributed by atoms with Crippen LogP contribution in [-0.4, -0.2) is 21.5 Å². The lowest BCUT2D eigenvalue weighted by atomic mass is 10.6. The van der Waals surface area contributed by atoms with Crippen LogP contribution in [0.3, 0.4) is 0 Å². The summed E-state index contributed by atoms with van der Waals surface area (Å²) in [6.07, 6.45) is 0. The standard InChI is InChI=1S/C4H10IN2P/c1-4(2-5)8-7-3-6-7/h4,6,8H,2-3H2,1H3. The van der Waals surface area contributed by atoms with Gasteiger partial charge in [0.05, 0.1) is 6.67 Å². The van der Waals surface area contributed by atoms with E-state index in [0.717, 1.165) is 21.1 Å². The second kappa shape index (κ2) is 3.30.